The minimum atomic E-state index is -0.576. The lowest BCUT2D eigenvalue weighted by Gasteiger charge is -2.73. The van der Waals surface area contributed by atoms with Crippen LogP contribution in [0, 0.1) is 34.0 Å². The van der Waals surface area contributed by atoms with Crippen LogP contribution in [0.3, 0.4) is 0 Å². The molecule has 5 bridgehead atoms. The van der Waals surface area contributed by atoms with E-state index in [-0.39, 0.29) is 29.0 Å². The standard InChI is InChI=1S/C20H24O3/c1-11-12-8-14-13-4-3-5-18(2,10-21)20(13)7-6-19(14,16(11)22)15(9-12)17(20)23/h4,10,12,14-16,22H,1,3,5-9H2,2H3/t12?,14-,15+,16?,18-,19-,20+/m0/s1. The predicted octanol–water partition coefficient (Wildman–Crippen LogP) is 2.83. The summed E-state index contributed by atoms with van der Waals surface area (Å²) in [6, 6.07) is 0. The zero-order valence-electron chi connectivity index (χ0n) is 13.7. The second-order valence-corrected chi connectivity index (χ2v) is 8.87. The van der Waals surface area contributed by atoms with Gasteiger partial charge in [0.2, 0.25) is 0 Å². The van der Waals surface area contributed by atoms with Crippen molar-refractivity contribution in [1.82, 2.24) is 0 Å². The molecule has 6 saturated carbocycles. The second kappa shape index (κ2) is 3.88. The lowest BCUT2D eigenvalue weighted by molar-refractivity contribution is -0.204. The minimum Gasteiger partial charge on any atom is -0.388 e. The summed E-state index contributed by atoms with van der Waals surface area (Å²) in [7, 11) is 0. The van der Waals surface area contributed by atoms with Crippen molar-refractivity contribution in [3.63, 3.8) is 0 Å². The van der Waals surface area contributed by atoms with Gasteiger partial charge in [-0.05, 0) is 55.9 Å². The molecule has 7 atom stereocenters. The number of carbonyl (C=O) groups excluding carboxylic acids is 2. The Bertz CT molecular complexity index is 691. The molecule has 122 valence electrons. The number of hydrogen-bond acceptors (Lipinski definition) is 3. The molecule has 7 rings (SSSR count). The number of allylic oxidation sites excluding steroid dienone is 2. The number of Topliss-reactive ketones (excluding diaryl/α,β-unsaturated/α-hetero) is 1. The molecule has 6 fully saturated rings. The molecule has 7 aliphatic rings. The normalized spacial score (nSPS) is 56.3. The Morgan fingerprint density at radius 2 is 2.00 bits per heavy atom. The second-order valence-electron chi connectivity index (χ2n) is 8.87. The fraction of sp³-hybridized carbons (Fsp3) is 0.700. The Balaban J connectivity index is 1.78. The third kappa shape index (κ3) is 1.18. The molecule has 2 spiro atoms. The molecule has 2 unspecified atom stereocenters. The molecule has 0 heterocycles. The molecule has 3 heteroatoms. The topological polar surface area (TPSA) is 54.4 Å². The molecule has 0 aromatic heterocycles. The van der Waals surface area contributed by atoms with E-state index in [0.29, 0.717) is 0 Å². The Labute approximate surface area is 136 Å². The predicted molar refractivity (Wildman–Crippen MR) is 85.4 cm³/mol. The monoisotopic (exact) mass is 312 g/mol. The smallest absolute Gasteiger partial charge is 0.147 e. The van der Waals surface area contributed by atoms with Gasteiger partial charge < -0.3 is 9.90 Å². The van der Waals surface area contributed by atoms with Crippen molar-refractivity contribution in [1.29, 1.82) is 0 Å². The minimum absolute atomic E-state index is 0.0741. The zero-order chi connectivity index (χ0) is 16.2. The Morgan fingerprint density at radius 1 is 1.26 bits per heavy atom. The third-order valence-corrected chi connectivity index (χ3v) is 8.52. The highest BCUT2D eigenvalue weighted by atomic mass is 16.3. The molecule has 0 aromatic carbocycles. The number of ketones is 1. The van der Waals surface area contributed by atoms with Crippen LogP contribution in [0.5, 0.6) is 0 Å². The van der Waals surface area contributed by atoms with E-state index in [1.807, 2.05) is 6.92 Å². The van der Waals surface area contributed by atoms with Gasteiger partial charge in [-0.15, -0.1) is 0 Å². The van der Waals surface area contributed by atoms with Crippen LogP contribution in [0.2, 0.25) is 0 Å². The molecule has 7 aliphatic carbocycles. The average molecular weight is 312 g/mol. The van der Waals surface area contributed by atoms with E-state index < -0.39 is 16.9 Å². The van der Waals surface area contributed by atoms with E-state index in [1.165, 1.54) is 5.57 Å². The number of carbonyl (C=O) groups is 2. The molecular weight excluding hydrogens is 288 g/mol. The van der Waals surface area contributed by atoms with Crippen molar-refractivity contribution in [2.24, 2.45) is 34.0 Å². The summed E-state index contributed by atoms with van der Waals surface area (Å²) in [5.74, 6) is 0.733. The fourth-order valence-corrected chi connectivity index (χ4v) is 7.37. The van der Waals surface area contributed by atoms with Gasteiger partial charge in [-0.1, -0.05) is 25.2 Å². The molecule has 0 aliphatic heterocycles. The van der Waals surface area contributed by atoms with Crippen LogP contribution < -0.4 is 0 Å². The number of hydrogen-bond donors (Lipinski definition) is 1. The SMILES string of the molecule is C=C1C2C[C@@H]3C(=O)[C@@]45CC[C@]3(C1O)[C@@H](C2)C4=CCC[C@@]5(C)C=O. The van der Waals surface area contributed by atoms with Crippen molar-refractivity contribution in [3.8, 4) is 0 Å². The largest absolute Gasteiger partial charge is 0.388 e. The molecule has 3 nitrogen and oxygen atoms in total. The first-order valence-corrected chi connectivity index (χ1v) is 9.00. The fourth-order valence-electron chi connectivity index (χ4n) is 7.37. The molecule has 0 saturated heterocycles. The van der Waals surface area contributed by atoms with Crippen molar-refractivity contribution in [2.45, 2.75) is 51.6 Å². The van der Waals surface area contributed by atoms with E-state index in [4.69, 9.17) is 0 Å². The first kappa shape index (κ1) is 14.2. The van der Waals surface area contributed by atoms with Gasteiger partial charge >= 0.3 is 0 Å². The van der Waals surface area contributed by atoms with Gasteiger partial charge in [0.05, 0.1) is 11.5 Å². The summed E-state index contributed by atoms with van der Waals surface area (Å²) in [6.45, 7) is 6.15. The number of fused-ring (bicyclic) bond motifs is 2. The maximum Gasteiger partial charge on any atom is 0.147 e. The van der Waals surface area contributed by atoms with E-state index in [0.717, 1.165) is 50.4 Å². The van der Waals surface area contributed by atoms with Crippen LogP contribution in [-0.4, -0.2) is 23.3 Å². The summed E-state index contributed by atoms with van der Waals surface area (Å²) in [6.07, 6.45) is 7.87. The van der Waals surface area contributed by atoms with Gasteiger partial charge in [-0.25, -0.2) is 0 Å². The average Bonchev–Trinajstić information content (AvgIpc) is 2.56. The summed E-state index contributed by atoms with van der Waals surface area (Å²) in [5, 5.41) is 11.0. The maximum atomic E-state index is 13.6. The van der Waals surface area contributed by atoms with Crippen LogP contribution in [-0.2, 0) is 9.59 Å². The Hall–Kier alpha value is -1.22. The quantitative estimate of drug-likeness (QED) is 0.598. The van der Waals surface area contributed by atoms with Crippen molar-refractivity contribution in [2.75, 3.05) is 0 Å². The summed E-state index contributed by atoms with van der Waals surface area (Å²) in [4.78, 5) is 25.6. The first-order chi connectivity index (χ1) is 10.9. The van der Waals surface area contributed by atoms with E-state index in [1.54, 1.807) is 0 Å². The third-order valence-electron chi connectivity index (χ3n) is 8.52. The van der Waals surface area contributed by atoms with E-state index >= 15 is 0 Å². The molecule has 0 amide bonds. The highest BCUT2D eigenvalue weighted by Crippen LogP contribution is 2.77. The van der Waals surface area contributed by atoms with Crippen molar-refractivity contribution < 1.29 is 14.7 Å². The summed E-state index contributed by atoms with van der Waals surface area (Å²) in [5.41, 5.74) is 0.701. The van der Waals surface area contributed by atoms with Gasteiger partial charge in [0, 0.05) is 16.7 Å². The van der Waals surface area contributed by atoms with Gasteiger partial charge in [0.15, 0.2) is 0 Å². The highest BCUT2D eigenvalue weighted by molar-refractivity contribution is 5.98. The molecular formula is C20H24O3. The number of rotatable bonds is 1. The van der Waals surface area contributed by atoms with Crippen LogP contribution in [0.4, 0.5) is 0 Å². The van der Waals surface area contributed by atoms with Gasteiger partial charge in [0.25, 0.3) is 0 Å². The lowest BCUT2D eigenvalue weighted by atomic mass is 9.30. The Morgan fingerprint density at radius 3 is 2.74 bits per heavy atom. The van der Waals surface area contributed by atoms with E-state index in [2.05, 4.69) is 12.7 Å². The molecule has 0 aromatic rings. The van der Waals surface area contributed by atoms with E-state index in [9.17, 15) is 14.7 Å². The summed E-state index contributed by atoms with van der Waals surface area (Å²) < 4.78 is 0. The molecule has 23 heavy (non-hydrogen) atoms. The van der Waals surface area contributed by atoms with Crippen LogP contribution >= 0.6 is 0 Å². The molecule has 0 radical (unpaired) electrons. The Kier molecular flexibility index (Phi) is 2.39. The van der Waals surface area contributed by atoms with Gasteiger partial charge in [-0.3, -0.25) is 4.79 Å². The number of aliphatic hydroxyl groups excluding tert-OH is 1. The summed E-state index contributed by atoms with van der Waals surface area (Å²) >= 11 is 0. The van der Waals surface area contributed by atoms with Crippen LogP contribution in [0.25, 0.3) is 0 Å². The lowest BCUT2D eigenvalue weighted by Crippen LogP contribution is -2.73. The number of aldehydes is 1. The van der Waals surface area contributed by atoms with Gasteiger partial charge in [-0.2, -0.15) is 0 Å². The van der Waals surface area contributed by atoms with Crippen molar-refractivity contribution >= 4 is 12.1 Å². The van der Waals surface area contributed by atoms with Gasteiger partial charge in [0.1, 0.15) is 12.1 Å². The highest BCUT2D eigenvalue weighted by Gasteiger charge is 2.76. The van der Waals surface area contributed by atoms with Crippen molar-refractivity contribution in [3.05, 3.63) is 23.8 Å². The maximum absolute atomic E-state index is 13.6. The first-order valence-electron chi connectivity index (χ1n) is 9.00. The molecule has 1 N–H and O–H groups in total. The van der Waals surface area contributed by atoms with Crippen LogP contribution in [0.1, 0.15) is 45.4 Å². The zero-order valence-corrected chi connectivity index (χ0v) is 13.7. The van der Waals surface area contributed by atoms with Crippen LogP contribution in [0.15, 0.2) is 23.8 Å². The number of aliphatic hydroxyl groups is 1.